The molecule has 0 bridgehead atoms. The third kappa shape index (κ3) is 13.1. The van der Waals surface area contributed by atoms with Gasteiger partial charge in [0.1, 0.15) is 0 Å². The molecule has 4 heteroatoms. The molecule has 0 rings (SSSR count). The molecule has 0 aliphatic heterocycles. The van der Waals surface area contributed by atoms with Crippen LogP contribution in [0.4, 0.5) is 0 Å². The molecule has 0 spiro atoms. The topological polar surface area (TPSA) is 81.2 Å². The van der Waals surface area contributed by atoms with Crippen LogP contribution in [0.3, 0.4) is 0 Å². The van der Waals surface area contributed by atoms with Crippen molar-refractivity contribution < 1.29 is 5.21 Å². The SMILES string of the molecule is N.NO.[NaH]. The van der Waals surface area contributed by atoms with E-state index in [0.29, 0.717) is 0 Å². The molecule has 0 saturated carbocycles. The van der Waals surface area contributed by atoms with Gasteiger partial charge in [0.2, 0.25) is 0 Å². The predicted octanol–water partition coefficient (Wildman–Crippen LogP) is -1.15. The fraction of sp³-hybridized carbons (Fsp3) is 0. The first-order valence-corrected chi connectivity index (χ1v) is 0.258. The molecule has 0 aromatic rings. The summed E-state index contributed by atoms with van der Waals surface area (Å²) < 4.78 is 0. The van der Waals surface area contributed by atoms with Crippen molar-refractivity contribution in [1.82, 2.24) is 6.15 Å². The average Bonchev–Trinajstić information content (AvgIpc) is 1.00. The second kappa shape index (κ2) is 41.6. The van der Waals surface area contributed by atoms with E-state index >= 15 is 0 Å². The summed E-state index contributed by atoms with van der Waals surface area (Å²) in [6, 6.07) is 0. The molecule has 0 amide bonds. The van der Waals surface area contributed by atoms with Gasteiger partial charge in [0, 0.05) is 0 Å². The first-order valence-electron chi connectivity index (χ1n) is 0.258. The summed E-state index contributed by atoms with van der Waals surface area (Å²) in [4.78, 5) is 0. The van der Waals surface area contributed by atoms with Crippen LogP contribution in [-0.4, -0.2) is 34.8 Å². The quantitative estimate of drug-likeness (QED) is 0.250. The molecule has 4 heavy (non-hydrogen) atoms. The van der Waals surface area contributed by atoms with Crippen LogP contribution in [0.2, 0.25) is 0 Å². The van der Waals surface area contributed by atoms with E-state index in [0.717, 1.165) is 0 Å². The Morgan fingerprint density at radius 1 is 1.25 bits per heavy atom. The van der Waals surface area contributed by atoms with E-state index < -0.39 is 0 Å². The zero-order chi connectivity index (χ0) is 2.00. The van der Waals surface area contributed by atoms with Crippen molar-refractivity contribution in [2.45, 2.75) is 0 Å². The van der Waals surface area contributed by atoms with Gasteiger partial charge in [0.05, 0.1) is 0 Å². The summed E-state index contributed by atoms with van der Waals surface area (Å²) in [6.07, 6.45) is 0. The van der Waals surface area contributed by atoms with Gasteiger partial charge in [-0.15, -0.1) is 0 Å². The molecule has 3 nitrogen and oxygen atoms in total. The number of nitrogens with two attached hydrogens (primary N) is 1. The van der Waals surface area contributed by atoms with Gasteiger partial charge < -0.3 is 11.4 Å². The fourth-order valence-electron chi connectivity index (χ4n) is 0. The first kappa shape index (κ1) is 20.8. The predicted molar refractivity (Wildman–Crippen MR) is 18.1 cm³/mol. The Hall–Kier alpha value is 0.880. The minimum atomic E-state index is 0. The summed E-state index contributed by atoms with van der Waals surface area (Å²) in [5.74, 6) is 3.50. The summed E-state index contributed by atoms with van der Waals surface area (Å²) in [5.41, 5.74) is 0. The van der Waals surface area contributed by atoms with Gasteiger partial charge in [-0.25, -0.2) is 5.90 Å². The Morgan fingerprint density at radius 3 is 1.25 bits per heavy atom. The molecule has 0 aromatic heterocycles. The zero-order valence-corrected chi connectivity index (χ0v) is 1.73. The molecule has 0 aromatic carbocycles. The second-order valence-electron chi connectivity index (χ2n) is 0. The van der Waals surface area contributed by atoms with Gasteiger partial charge in [-0.1, -0.05) is 0 Å². The second-order valence-corrected chi connectivity index (χ2v) is 0. The van der Waals surface area contributed by atoms with Crippen LogP contribution in [0.25, 0.3) is 0 Å². The number of hydrogen-bond donors (Lipinski definition) is 3. The standard InChI is InChI=1S/H3NO.H3N.Na.H/c1-2;;;/h2H,1H2;1H3;;. The van der Waals surface area contributed by atoms with Crippen molar-refractivity contribution in [2.24, 2.45) is 5.90 Å². The van der Waals surface area contributed by atoms with Crippen LogP contribution in [0, 0.1) is 0 Å². The molecule has 0 atom stereocenters. The van der Waals surface area contributed by atoms with E-state index in [1.54, 1.807) is 0 Å². The van der Waals surface area contributed by atoms with E-state index in [4.69, 9.17) is 5.21 Å². The van der Waals surface area contributed by atoms with Crippen molar-refractivity contribution in [3.63, 3.8) is 0 Å². The normalized spacial score (nSPS) is 1.50. The molecular weight excluding hydrogens is 67.0 g/mol. The molecule has 0 radical (unpaired) electrons. The Bertz CT molecular complexity index is 6.00. The maximum atomic E-state index is 6.50. The first-order chi connectivity index (χ1) is 1.00. The van der Waals surface area contributed by atoms with Crippen molar-refractivity contribution in [1.29, 1.82) is 0 Å². The van der Waals surface area contributed by atoms with Gasteiger partial charge >= 0.3 is 29.6 Å². The minimum absolute atomic E-state index is 0. The van der Waals surface area contributed by atoms with E-state index in [1.165, 1.54) is 0 Å². The molecule has 0 unspecified atom stereocenters. The van der Waals surface area contributed by atoms with Gasteiger partial charge in [-0.2, -0.15) is 0 Å². The third-order valence-corrected chi connectivity index (χ3v) is 0. The van der Waals surface area contributed by atoms with Crippen LogP contribution in [0.15, 0.2) is 0 Å². The Kier molecular flexibility index (Phi) is 216. The number of rotatable bonds is 0. The summed E-state index contributed by atoms with van der Waals surface area (Å²) in [6.45, 7) is 0. The number of hydrogen-bond acceptors (Lipinski definition) is 3. The molecule has 6 N–H and O–H groups in total. The molecule has 24 valence electrons. The monoisotopic (exact) mass is 74.0 g/mol. The van der Waals surface area contributed by atoms with Crippen LogP contribution in [0.1, 0.15) is 0 Å². The Morgan fingerprint density at radius 2 is 1.25 bits per heavy atom. The van der Waals surface area contributed by atoms with Crippen LogP contribution in [0.5, 0.6) is 0 Å². The van der Waals surface area contributed by atoms with Crippen molar-refractivity contribution >= 4 is 29.6 Å². The summed E-state index contributed by atoms with van der Waals surface area (Å²) in [5, 5.41) is 6.50. The summed E-state index contributed by atoms with van der Waals surface area (Å²) >= 11 is 0. The van der Waals surface area contributed by atoms with Gasteiger partial charge in [0.15, 0.2) is 0 Å². The Balaban J connectivity index is -0.00000000500. The van der Waals surface area contributed by atoms with Crippen molar-refractivity contribution in [3.8, 4) is 0 Å². The van der Waals surface area contributed by atoms with E-state index in [-0.39, 0.29) is 35.7 Å². The zero-order valence-electron chi connectivity index (χ0n) is 1.73. The van der Waals surface area contributed by atoms with Gasteiger partial charge in [-0.3, -0.25) is 0 Å². The molecule has 0 saturated heterocycles. The van der Waals surface area contributed by atoms with Crippen LogP contribution < -0.4 is 12.0 Å². The van der Waals surface area contributed by atoms with Crippen LogP contribution in [-0.2, 0) is 0 Å². The Labute approximate surface area is 47.0 Å². The van der Waals surface area contributed by atoms with Crippen LogP contribution >= 0.6 is 0 Å². The van der Waals surface area contributed by atoms with E-state index in [9.17, 15) is 0 Å². The average molecular weight is 74.1 g/mol. The van der Waals surface area contributed by atoms with Gasteiger partial charge in [0.25, 0.3) is 0 Å². The molecule has 0 aliphatic rings. The molecular formula is H7N2NaO. The van der Waals surface area contributed by atoms with E-state index in [1.807, 2.05) is 0 Å². The molecule has 0 aliphatic carbocycles. The van der Waals surface area contributed by atoms with E-state index in [2.05, 4.69) is 5.90 Å². The maximum absolute atomic E-state index is 6.50. The van der Waals surface area contributed by atoms with Crippen molar-refractivity contribution in [2.75, 3.05) is 0 Å². The third-order valence-electron chi connectivity index (χ3n) is 0. The summed E-state index contributed by atoms with van der Waals surface area (Å²) in [7, 11) is 0. The van der Waals surface area contributed by atoms with Crippen molar-refractivity contribution in [3.05, 3.63) is 0 Å². The fourth-order valence-corrected chi connectivity index (χ4v) is 0. The molecule has 0 heterocycles. The molecule has 0 fully saturated rings. The van der Waals surface area contributed by atoms with Gasteiger partial charge in [-0.05, 0) is 0 Å².